The van der Waals surface area contributed by atoms with Crippen molar-refractivity contribution in [3.8, 4) is 0 Å². The van der Waals surface area contributed by atoms with Crippen molar-refractivity contribution in [3.05, 3.63) is 44.8 Å². The first-order valence-corrected chi connectivity index (χ1v) is 11.2. The summed E-state index contributed by atoms with van der Waals surface area (Å²) in [5.41, 5.74) is 0. The van der Waals surface area contributed by atoms with Gasteiger partial charge in [-0.05, 0) is 35.7 Å². The molecule has 0 fully saturated rings. The molecule has 0 radical (unpaired) electrons. The highest BCUT2D eigenvalue weighted by atomic mass is 32.1. The number of hydrogen-bond donors (Lipinski definition) is 2. The van der Waals surface area contributed by atoms with Gasteiger partial charge in [0.25, 0.3) is 11.8 Å². The number of amides is 2. The fraction of sp³-hybridized carbons (Fsp3) is 0.500. The Balaban J connectivity index is 1.33. The largest absolute Gasteiger partial charge is 0.351 e. The second-order valence-electron chi connectivity index (χ2n) is 6.29. The lowest BCUT2D eigenvalue weighted by Crippen LogP contribution is -2.23. The molecule has 6 heteroatoms. The van der Waals surface area contributed by atoms with E-state index in [0.29, 0.717) is 0 Å². The average Bonchev–Trinajstić information content (AvgIpc) is 3.35. The number of unbranched alkanes of at least 4 members (excludes halogenated alkanes) is 7. The minimum Gasteiger partial charge on any atom is -0.351 e. The van der Waals surface area contributed by atoms with Crippen molar-refractivity contribution in [1.82, 2.24) is 10.6 Å². The highest BCUT2D eigenvalue weighted by molar-refractivity contribution is 7.12. The Labute approximate surface area is 164 Å². The lowest BCUT2D eigenvalue weighted by Gasteiger charge is -2.05. The monoisotopic (exact) mass is 392 g/mol. The van der Waals surface area contributed by atoms with Gasteiger partial charge in [-0.25, -0.2) is 0 Å². The van der Waals surface area contributed by atoms with Crippen LogP contribution in [0.15, 0.2) is 35.0 Å². The molecule has 0 bridgehead atoms. The van der Waals surface area contributed by atoms with Crippen LogP contribution in [0.1, 0.15) is 70.7 Å². The van der Waals surface area contributed by atoms with Gasteiger partial charge in [0, 0.05) is 13.1 Å². The van der Waals surface area contributed by atoms with Crippen molar-refractivity contribution in [2.75, 3.05) is 13.1 Å². The zero-order chi connectivity index (χ0) is 18.5. The standard InChI is InChI=1S/C20H28N2O2S2/c23-19(17-11-9-15-25-17)21-13-7-5-3-1-2-4-6-8-14-22-20(24)18-12-10-16-26-18/h9-12,15-16H,1-8,13-14H2,(H,21,23)(H,22,24). The molecular formula is C20H28N2O2S2. The Morgan fingerprint density at radius 3 is 1.38 bits per heavy atom. The summed E-state index contributed by atoms with van der Waals surface area (Å²) in [6, 6.07) is 7.51. The molecule has 2 aromatic rings. The number of nitrogens with one attached hydrogen (secondary N) is 2. The van der Waals surface area contributed by atoms with Gasteiger partial charge in [0.05, 0.1) is 9.75 Å². The van der Waals surface area contributed by atoms with E-state index < -0.39 is 0 Å². The molecule has 142 valence electrons. The van der Waals surface area contributed by atoms with Crippen molar-refractivity contribution in [2.45, 2.75) is 51.4 Å². The molecule has 0 aliphatic carbocycles. The van der Waals surface area contributed by atoms with Crippen LogP contribution < -0.4 is 10.6 Å². The van der Waals surface area contributed by atoms with Crippen LogP contribution in [0.5, 0.6) is 0 Å². The molecule has 0 aliphatic rings. The summed E-state index contributed by atoms with van der Waals surface area (Å²) in [7, 11) is 0. The molecule has 0 saturated heterocycles. The lowest BCUT2D eigenvalue weighted by atomic mass is 10.1. The molecule has 4 nitrogen and oxygen atoms in total. The van der Waals surface area contributed by atoms with E-state index in [-0.39, 0.29) is 11.8 Å². The summed E-state index contributed by atoms with van der Waals surface area (Å²) in [6.07, 6.45) is 9.38. The van der Waals surface area contributed by atoms with Crippen molar-refractivity contribution >= 4 is 34.5 Å². The van der Waals surface area contributed by atoms with Crippen molar-refractivity contribution in [1.29, 1.82) is 0 Å². The first-order chi connectivity index (χ1) is 12.8. The van der Waals surface area contributed by atoms with E-state index >= 15 is 0 Å². The third-order valence-electron chi connectivity index (χ3n) is 4.16. The first-order valence-electron chi connectivity index (χ1n) is 9.41. The molecule has 2 aromatic heterocycles. The molecule has 0 aromatic carbocycles. The van der Waals surface area contributed by atoms with Crippen molar-refractivity contribution in [2.24, 2.45) is 0 Å². The molecular weight excluding hydrogens is 364 g/mol. The zero-order valence-corrected chi connectivity index (χ0v) is 16.8. The molecule has 0 spiro atoms. The smallest absolute Gasteiger partial charge is 0.261 e. The minimum atomic E-state index is 0.0474. The van der Waals surface area contributed by atoms with E-state index in [2.05, 4.69) is 10.6 Å². The summed E-state index contributed by atoms with van der Waals surface area (Å²) in [4.78, 5) is 25.1. The van der Waals surface area contributed by atoms with Crippen LogP contribution in [0.25, 0.3) is 0 Å². The summed E-state index contributed by atoms with van der Waals surface area (Å²) in [6.45, 7) is 1.53. The summed E-state index contributed by atoms with van der Waals surface area (Å²) >= 11 is 2.96. The Kier molecular flexibility index (Phi) is 10.1. The van der Waals surface area contributed by atoms with Crippen LogP contribution in [0, 0.1) is 0 Å². The van der Waals surface area contributed by atoms with E-state index in [9.17, 15) is 9.59 Å². The fourth-order valence-corrected chi connectivity index (χ4v) is 3.98. The van der Waals surface area contributed by atoms with E-state index in [1.54, 1.807) is 0 Å². The number of carbonyl (C=O) groups excluding carboxylic acids is 2. The fourth-order valence-electron chi connectivity index (χ4n) is 2.70. The molecule has 2 rings (SSSR count). The molecule has 2 amide bonds. The van der Waals surface area contributed by atoms with E-state index in [1.165, 1.54) is 61.2 Å². The summed E-state index contributed by atoms with van der Waals surface area (Å²) in [5.74, 6) is 0.0948. The van der Waals surface area contributed by atoms with Crippen LogP contribution >= 0.6 is 22.7 Å². The highest BCUT2D eigenvalue weighted by Crippen LogP contribution is 2.10. The number of thiophene rings is 2. The maximum atomic E-state index is 11.7. The van der Waals surface area contributed by atoms with Gasteiger partial charge in [-0.15, -0.1) is 22.7 Å². The average molecular weight is 393 g/mol. The Hall–Kier alpha value is -1.66. The van der Waals surface area contributed by atoms with Gasteiger partial charge < -0.3 is 10.6 Å². The van der Waals surface area contributed by atoms with Crippen molar-refractivity contribution in [3.63, 3.8) is 0 Å². The third-order valence-corrected chi connectivity index (χ3v) is 5.90. The van der Waals surface area contributed by atoms with Gasteiger partial charge in [-0.2, -0.15) is 0 Å². The summed E-state index contributed by atoms with van der Waals surface area (Å²) < 4.78 is 0. The van der Waals surface area contributed by atoms with Gasteiger partial charge in [0.15, 0.2) is 0 Å². The Morgan fingerprint density at radius 2 is 1.04 bits per heavy atom. The Bertz CT molecular complexity index is 568. The Morgan fingerprint density at radius 1 is 0.654 bits per heavy atom. The molecule has 0 atom stereocenters. The second kappa shape index (κ2) is 12.7. The second-order valence-corrected chi connectivity index (χ2v) is 8.19. The number of rotatable bonds is 13. The molecule has 26 heavy (non-hydrogen) atoms. The van der Waals surface area contributed by atoms with Crippen LogP contribution in [0.4, 0.5) is 0 Å². The van der Waals surface area contributed by atoms with Crippen molar-refractivity contribution < 1.29 is 9.59 Å². The van der Waals surface area contributed by atoms with Gasteiger partial charge in [0.2, 0.25) is 0 Å². The molecule has 0 saturated carbocycles. The molecule has 0 unspecified atom stereocenters. The van der Waals surface area contributed by atoms with Gasteiger partial charge >= 0.3 is 0 Å². The van der Waals surface area contributed by atoms with Gasteiger partial charge in [-0.3, -0.25) is 9.59 Å². The zero-order valence-electron chi connectivity index (χ0n) is 15.2. The topological polar surface area (TPSA) is 58.2 Å². The van der Waals surface area contributed by atoms with Gasteiger partial charge in [-0.1, -0.05) is 50.7 Å². The normalized spacial score (nSPS) is 10.6. The SMILES string of the molecule is O=C(NCCCCCCCCCCNC(=O)c1cccs1)c1cccs1. The first kappa shape index (κ1) is 20.6. The molecule has 2 N–H and O–H groups in total. The van der Waals surface area contributed by atoms with E-state index in [0.717, 1.165) is 35.7 Å². The van der Waals surface area contributed by atoms with Crippen LogP contribution in [0.2, 0.25) is 0 Å². The highest BCUT2D eigenvalue weighted by Gasteiger charge is 2.05. The summed E-state index contributed by atoms with van der Waals surface area (Å²) in [5, 5.41) is 9.78. The van der Waals surface area contributed by atoms with Crippen LogP contribution in [0.3, 0.4) is 0 Å². The van der Waals surface area contributed by atoms with Crippen LogP contribution in [-0.4, -0.2) is 24.9 Å². The third kappa shape index (κ3) is 8.15. The predicted octanol–water partition coefficient (Wildman–Crippen LogP) is 5.09. The maximum Gasteiger partial charge on any atom is 0.261 e. The van der Waals surface area contributed by atoms with Gasteiger partial charge in [0.1, 0.15) is 0 Å². The molecule has 2 heterocycles. The van der Waals surface area contributed by atoms with E-state index in [1.807, 2.05) is 35.0 Å². The predicted molar refractivity (Wildman–Crippen MR) is 110 cm³/mol. The van der Waals surface area contributed by atoms with Crippen LogP contribution in [-0.2, 0) is 0 Å². The lowest BCUT2D eigenvalue weighted by molar-refractivity contribution is 0.0948. The minimum absolute atomic E-state index is 0.0474. The number of carbonyl (C=O) groups is 2. The number of hydrogen-bond acceptors (Lipinski definition) is 4. The maximum absolute atomic E-state index is 11.7. The van der Waals surface area contributed by atoms with E-state index in [4.69, 9.17) is 0 Å². The quantitative estimate of drug-likeness (QED) is 0.467. The molecule has 0 aliphatic heterocycles.